The van der Waals surface area contributed by atoms with Crippen molar-refractivity contribution < 1.29 is 33.4 Å². The van der Waals surface area contributed by atoms with E-state index in [1.165, 1.54) is 44.6 Å². The Morgan fingerprint density at radius 3 is 2.38 bits per heavy atom. The first-order valence-electron chi connectivity index (χ1n) is 11.0. The van der Waals surface area contributed by atoms with Crippen LogP contribution in [0.15, 0.2) is 72.3 Å². The first kappa shape index (κ1) is 25.5. The summed E-state index contributed by atoms with van der Waals surface area (Å²) in [4.78, 5) is 50.6. The van der Waals surface area contributed by atoms with Gasteiger partial charge in [-0.2, -0.15) is 0 Å². The van der Waals surface area contributed by atoms with Crippen LogP contribution < -0.4 is 19.7 Å². The molecular weight excluding hydrogens is 500 g/mol. The highest BCUT2D eigenvalue weighted by atomic mass is 35.5. The Hall–Kier alpha value is -4.63. The predicted octanol–water partition coefficient (Wildman–Crippen LogP) is 4.38. The highest BCUT2D eigenvalue weighted by Gasteiger charge is 2.36. The minimum absolute atomic E-state index is 0.175. The molecule has 0 aliphatic carbocycles. The van der Waals surface area contributed by atoms with Crippen molar-refractivity contribution in [3.63, 3.8) is 0 Å². The van der Waals surface area contributed by atoms with Gasteiger partial charge in [-0.1, -0.05) is 35.9 Å². The van der Waals surface area contributed by atoms with E-state index < -0.39 is 23.8 Å². The molecule has 4 amide bonds. The summed E-state index contributed by atoms with van der Waals surface area (Å²) >= 11 is 6.18. The maximum atomic E-state index is 13.2. The number of halogens is 1. The molecule has 9 nitrogen and oxygen atoms in total. The predicted molar refractivity (Wildman–Crippen MR) is 136 cm³/mol. The molecule has 1 aliphatic rings. The molecule has 1 N–H and O–H groups in total. The largest absolute Gasteiger partial charge is 0.493 e. The number of hydrogen-bond acceptors (Lipinski definition) is 7. The molecule has 0 saturated carbocycles. The summed E-state index contributed by atoms with van der Waals surface area (Å²) in [5.41, 5.74) is 1.42. The molecule has 188 valence electrons. The highest BCUT2D eigenvalue weighted by molar-refractivity contribution is 6.39. The van der Waals surface area contributed by atoms with E-state index in [9.17, 15) is 19.2 Å². The van der Waals surface area contributed by atoms with Crippen LogP contribution in [0.1, 0.15) is 21.5 Å². The molecule has 0 radical (unpaired) electrons. The van der Waals surface area contributed by atoms with E-state index >= 15 is 0 Å². The van der Waals surface area contributed by atoms with Gasteiger partial charge in [0.1, 0.15) is 12.2 Å². The molecule has 0 bridgehead atoms. The smallest absolute Gasteiger partial charge is 0.337 e. The number of esters is 1. The van der Waals surface area contributed by atoms with Gasteiger partial charge in [-0.25, -0.2) is 14.5 Å². The zero-order chi connectivity index (χ0) is 26.5. The number of methoxy groups -OCH3 is 2. The minimum atomic E-state index is -0.904. The van der Waals surface area contributed by atoms with E-state index in [4.69, 9.17) is 21.1 Å². The fraction of sp³-hybridized carbons (Fsp3) is 0.111. The van der Waals surface area contributed by atoms with Crippen LogP contribution in [0.25, 0.3) is 6.08 Å². The van der Waals surface area contributed by atoms with Crippen LogP contribution in [0.3, 0.4) is 0 Å². The van der Waals surface area contributed by atoms with Crippen molar-refractivity contribution >= 4 is 47.2 Å². The second kappa shape index (κ2) is 11.0. The normalized spacial score (nSPS) is 14.4. The number of imide groups is 2. The molecule has 3 aromatic rings. The number of benzene rings is 3. The van der Waals surface area contributed by atoms with Crippen LogP contribution in [0.5, 0.6) is 11.5 Å². The Bertz CT molecular complexity index is 1420. The first-order valence-corrected chi connectivity index (χ1v) is 11.3. The van der Waals surface area contributed by atoms with Gasteiger partial charge >= 0.3 is 12.0 Å². The second-order valence-corrected chi connectivity index (χ2v) is 8.19. The molecule has 10 heteroatoms. The molecule has 0 atom stereocenters. The van der Waals surface area contributed by atoms with Gasteiger partial charge in [0.15, 0.2) is 11.5 Å². The van der Waals surface area contributed by atoms with Gasteiger partial charge in [0, 0.05) is 10.6 Å². The van der Waals surface area contributed by atoms with E-state index in [2.05, 4.69) is 10.1 Å². The molecule has 1 heterocycles. The molecule has 1 saturated heterocycles. The Balaban J connectivity index is 1.58. The van der Waals surface area contributed by atoms with Crippen molar-refractivity contribution in [1.29, 1.82) is 0 Å². The molecule has 37 heavy (non-hydrogen) atoms. The van der Waals surface area contributed by atoms with Crippen molar-refractivity contribution in [3.05, 3.63) is 94.0 Å². The number of amides is 4. The lowest BCUT2D eigenvalue weighted by Gasteiger charge is -2.26. The average molecular weight is 521 g/mol. The summed E-state index contributed by atoms with van der Waals surface area (Å²) in [7, 11) is 2.71. The van der Waals surface area contributed by atoms with Crippen LogP contribution >= 0.6 is 11.6 Å². The van der Waals surface area contributed by atoms with E-state index in [-0.39, 0.29) is 23.4 Å². The molecule has 0 aromatic heterocycles. The number of nitrogens with one attached hydrogen (secondary N) is 1. The van der Waals surface area contributed by atoms with Gasteiger partial charge < -0.3 is 14.2 Å². The van der Waals surface area contributed by atoms with E-state index in [0.29, 0.717) is 22.1 Å². The SMILES string of the molecule is COC(=O)c1ccc(N2C(=O)NC(=O)/C(=C\c3ccc(OCc4ccccc4Cl)c(OC)c3)C2=O)cc1. The number of carbonyl (C=O) groups is 4. The number of carbonyl (C=O) groups excluding carboxylic acids is 4. The second-order valence-electron chi connectivity index (χ2n) is 7.79. The van der Waals surface area contributed by atoms with Gasteiger partial charge in [-0.15, -0.1) is 0 Å². The van der Waals surface area contributed by atoms with Gasteiger partial charge in [0.25, 0.3) is 11.8 Å². The summed E-state index contributed by atoms with van der Waals surface area (Å²) in [6, 6.07) is 16.9. The third-order valence-corrected chi connectivity index (χ3v) is 5.86. The molecular formula is C27H21ClN2O7. The lowest BCUT2D eigenvalue weighted by molar-refractivity contribution is -0.122. The lowest BCUT2D eigenvalue weighted by Crippen LogP contribution is -2.54. The molecule has 4 rings (SSSR count). The maximum absolute atomic E-state index is 13.2. The lowest BCUT2D eigenvalue weighted by atomic mass is 10.1. The Morgan fingerprint density at radius 2 is 1.70 bits per heavy atom. The molecule has 1 fully saturated rings. The number of rotatable bonds is 7. The highest BCUT2D eigenvalue weighted by Crippen LogP contribution is 2.31. The van der Waals surface area contributed by atoms with Crippen molar-refractivity contribution in [1.82, 2.24) is 5.32 Å². The summed E-state index contributed by atoms with van der Waals surface area (Å²) in [6.45, 7) is 0.212. The van der Waals surface area contributed by atoms with Gasteiger partial charge in [0.2, 0.25) is 0 Å². The number of barbiturate groups is 1. The van der Waals surface area contributed by atoms with Crippen molar-refractivity contribution in [2.75, 3.05) is 19.1 Å². The zero-order valence-electron chi connectivity index (χ0n) is 19.8. The number of hydrogen-bond donors (Lipinski definition) is 1. The standard InChI is InChI=1S/C27H21ClN2O7/c1-35-23-14-16(7-12-22(23)37-15-18-5-3-4-6-21(18)28)13-20-24(31)29-27(34)30(25(20)32)19-10-8-17(9-11-19)26(33)36-2/h3-14H,15H2,1-2H3,(H,29,31,34)/b20-13+. The summed E-state index contributed by atoms with van der Waals surface area (Å²) in [6.07, 6.45) is 1.35. The molecule has 0 spiro atoms. The third-order valence-electron chi connectivity index (χ3n) is 5.49. The maximum Gasteiger partial charge on any atom is 0.337 e. The van der Waals surface area contributed by atoms with Crippen molar-refractivity contribution in [2.24, 2.45) is 0 Å². The zero-order valence-corrected chi connectivity index (χ0v) is 20.6. The number of anilines is 1. The number of nitrogens with zero attached hydrogens (tertiary/aromatic N) is 1. The molecule has 3 aromatic carbocycles. The minimum Gasteiger partial charge on any atom is -0.493 e. The summed E-state index contributed by atoms with van der Waals surface area (Å²) in [5, 5.41) is 2.73. The Labute approximate surface area is 217 Å². The first-order chi connectivity index (χ1) is 17.8. The van der Waals surface area contributed by atoms with Crippen LogP contribution in [-0.4, -0.2) is 38.0 Å². The van der Waals surface area contributed by atoms with Crippen LogP contribution in [-0.2, 0) is 20.9 Å². The molecule has 1 aliphatic heterocycles. The van der Waals surface area contributed by atoms with Crippen molar-refractivity contribution in [2.45, 2.75) is 6.61 Å². The van der Waals surface area contributed by atoms with Gasteiger partial charge in [-0.3, -0.25) is 14.9 Å². The monoisotopic (exact) mass is 520 g/mol. The number of urea groups is 1. The summed E-state index contributed by atoms with van der Waals surface area (Å²) in [5.74, 6) is -1.42. The van der Waals surface area contributed by atoms with Gasteiger partial charge in [-0.05, 0) is 54.1 Å². The van der Waals surface area contributed by atoms with E-state index in [0.717, 1.165) is 10.5 Å². The fourth-order valence-electron chi connectivity index (χ4n) is 3.59. The third kappa shape index (κ3) is 5.46. The summed E-state index contributed by atoms with van der Waals surface area (Å²) < 4.78 is 15.9. The topological polar surface area (TPSA) is 111 Å². The van der Waals surface area contributed by atoms with E-state index in [1.807, 2.05) is 18.2 Å². The Morgan fingerprint density at radius 1 is 0.973 bits per heavy atom. The fourth-order valence-corrected chi connectivity index (χ4v) is 3.78. The Kier molecular flexibility index (Phi) is 7.55. The van der Waals surface area contributed by atoms with E-state index in [1.54, 1.807) is 24.3 Å². The number of ether oxygens (including phenoxy) is 3. The van der Waals surface area contributed by atoms with Crippen LogP contribution in [0.2, 0.25) is 5.02 Å². The van der Waals surface area contributed by atoms with Gasteiger partial charge in [0.05, 0.1) is 25.5 Å². The molecule has 0 unspecified atom stereocenters. The van der Waals surface area contributed by atoms with Crippen molar-refractivity contribution in [3.8, 4) is 11.5 Å². The van der Waals surface area contributed by atoms with Crippen LogP contribution in [0, 0.1) is 0 Å². The van der Waals surface area contributed by atoms with Crippen LogP contribution in [0.4, 0.5) is 10.5 Å². The average Bonchev–Trinajstić information content (AvgIpc) is 2.90. The quantitative estimate of drug-likeness (QED) is 0.279.